The van der Waals surface area contributed by atoms with Crippen molar-refractivity contribution in [3.63, 3.8) is 0 Å². The van der Waals surface area contributed by atoms with Crippen LogP contribution in [-0.4, -0.2) is 38.3 Å². The fourth-order valence-electron chi connectivity index (χ4n) is 3.15. The highest BCUT2D eigenvalue weighted by Crippen LogP contribution is 2.39. The Morgan fingerprint density at radius 3 is 2.14 bits per heavy atom. The lowest BCUT2D eigenvalue weighted by molar-refractivity contribution is -0.121. The normalized spacial score (nSPS) is 12.2. The van der Waals surface area contributed by atoms with Gasteiger partial charge in [0.15, 0.2) is 0 Å². The lowest BCUT2D eigenvalue weighted by Gasteiger charge is -2.17. The molecule has 29 heavy (non-hydrogen) atoms. The molecule has 1 N–H and O–H groups in total. The largest absolute Gasteiger partial charge is 0.339 e. The molecule has 1 aromatic heterocycles. The van der Waals surface area contributed by atoms with E-state index in [2.05, 4.69) is 4.98 Å². The van der Waals surface area contributed by atoms with Gasteiger partial charge in [-0.1, -0.05) is 63.2 Å². The quantitative estimate of drug-likeness (QED) is 0.506. The summed E-state index contributed by atoms with van der Waals surface area (Å²) in [6.45, 7) is 5.08. The number of hydrogen-bond acceptors (Lipinski definition) is 4. The summed E-state index contributed by atoms with van der Waals surface area (Å²) < 4.78 is 25.6. The number of ketones is 2. The molecule has 3 rings (SSSR count). The molecule has 6 nitrogen and oxygen atoms in total. The average Bonchev–Trinajstić information content (AvgIpc) is 3.04. The van der Waals surface area contributed by atoms with Gasteiger partial charge in [-0.3, -0.25) is 13.9 Å². The molecule has 7 heteroatoms. The molecule has 0 aliphatic carbocycles. The van der Waals surface area contributed by atoms with E-state index in [-0.39, 0.29) is 5.56 Å². The van der Waals surface area contributed by atoms with Gasteiger partial charge in [0.2, 0.25) is 21.6 Å². The van der Waals surface area contributed by atoms with Crippen LogP contribution in [0.5, 0.6) is 0 Å². The minimum Gasteiger partial charge on any atom is -0.339 e. The Kier molecular flexibility index (Phi) is 5.13. The van der Waals surface area contributed by atoms with Gasteiger partial charge < -0.3 is 4.98 Å². The summed E-state index contributed by atoms with van der Waals surface area (Å²) in [6, 6.07) is 14.4. The molecule has 0 atom stereocenters. The Hall–Kier alpha value is -2.93. The van der Waals surface area contributed by atoms with Gasteiger partial charge in [0.1, 0.15) is 5.82 Å². The Labute approximate surface area is 170 Å². The maximum absolute atomic E-state index is 12.9. The number of para-hydroxylation sites is 1. The average molecular weight is 413 g/mol. The van der Waals surface area contributed by atoms with Crippen LogP contribution < -0.4 is 4.31 Å². The molecule has 152 valence electrons. The third-order valence-corrected chi connectivity index (χ3v) is 6.00. The summed E-state index contributed by atoms with van der Waals surface area (Å²) in [7, 11) is -2.10. The highest BCUT2D eigenvalue weighted by atomic mass is 32.2. The van der Waals surface area contributed by atoms with Gasteiger partial charge in [0, 0.05) is 29.0 Å². The number of carbonyl (C=O) groups is 2. The van der Waals surface area contributed by atoms with Crippen molar-refractivity contribution in [2.75, 3.05) is 17.6 Å². The molecule has 0 saturated carbocycles. The molecule has 0 aliphatic heterocycles. The summed E-state index contributed by atoms with van der Waals surface area (Å²) in [5.74, 6) is -0.756. The predicted molar refractivity (Wildman–Crippen MR) is 116 cm³/mol. The van der Waals surface area contributed by atoms with Gasteiger partial charge in [0.05, 0.1) is 11.8 Å². The highest BCUT2D eigenvalue weighted by Gasteiger charge is 2.31. The summed E-state index contributed by atoms with van der Waals surface area (Å²) in [5, 5.41) is 0.675. The van der Waals surface area contributed by atoms with E-state index in [1.807, 2.05) is 36.4 Å². The minimum absolute atomic E-state index is 0.229. The Bertz CT molecular complexity index is 1200. The van der Waals surface area contributed by atoms with Gasteiger partial charge in [-0.05, 0) is 11.6 Å². The first kappa shape index (κ1) is 20.8. The third kappa shape index (κ3) is 3.82. The molecule has 0 fully saturated rings. The van der Waals surface area contributed by atoms with Crippen LogP contribution in [0, 0.1) is 5.41 Å². The van der Waals surface area contributed by atoms with E-state index in [4.69, 9.17) is 0 Å². The number of carbonyl (C=O) groups excluding carboxylic acids is 2. The Morgan fingerprint density at radius 1 is 0.966 bits per heavy atom. The predicted octanol–water partition coefficient (Wildman–Crippen LogP) is 4.03. The maximum atomic E-state index is 12.9. The van der Waals surface area contributed by atoms with Crippen LogP contribution in [0.25, 0.3) is 22.0 Å². The first-order valence-corrected chi connectivity index (χ1v) is 11.0. The second-order valence-electron chi connectivity index (χ2n) is 8.08. The van der Waals surface area contributed by atoms with Gasteiger partial charge >= 0.3 is 0 Å². The van der Waals surface area contributed by atoms with Crippen molar-refractivity contribution in [2.45, 2.75) is 20.8 Å². The summed E-state index contributed by atoms with van der Waals surface area (Å²) >= 11 is 0. The molecule has 3 aromatic rings. The lowest BCUT2D eigenvalue weighted by Crippen LogP contribution is -2.28. The first-order chi connectivity index (χ1) is 13.4. The molecule has 0 radical (unpaired) electrons. The summed E-state index contributed by atoms with van der Waals surface area (Å²) in [4.78, 5) is 28.6. The SMILES string of the molecule is CN(c1[nH]c2c(C(=O)C(=O)C(C)(C)C)cccc2c1-c1ccccc1)S(C)(=O)=O. The number of H-pyrrole nitrogens is 1. The van der Waals surface area contributed by atoms with Gasteiger partial charge in [-0.15, -0.1) is 0 Å². The van der Waals surface area contributed by atoms with E-state index in [0.717, 1.165) is 16.1 Å². The van der Waals surface area contributed by atoms with Crippen LogP contribution in [0.4, 0.5) is 5.82 Å². The number of sulfonamides is 1. The Morgan fingerprint density at radius 2 is 1.59 bits per heavy atom. The van der Waals surface area contributed by atoms with Crippen molar-refractivity contribution in [1.29, 1.82) is 0 Å². The fraction of sp³-hybridized carbons (Fsp3) is 0.273. The van der Waals surface area contributed by atoms with Crippen LogP contribution in [0.3, 0.4) is 0 Å². The molecule has 0 amide bonds. The topological polar surface area (TPSA) is 87.3 Å². The summed E-state index contributed by atoms with van der Waals surface area (Å²) in [6.07, 6.45) is 1.11. The number of fused-ring (bicyclic) bond motifs is 1. The molecule has 0 spiro atoms. The maximum Gasteiger partial charge on any atom is 0.233 e. The molecule has 0 saturated heterocycles. The zero-order chi connectivity index (χ0) is 21.6. The number of nitrogens with zero attached hydrogens (tertiary/aromatic N) is 1. The van der Waals surface area contributed by atoms with E-state index in [1.165, 1.54) is 7.05 Å². The molecule has 2 aromatic carbocycles. The minimum atomic E-state index is -3.56. The van der Waals surface area contributed by atoms with Gasteiger partial charge in [-0.2, -0.15) is 0 Å². The van der Waals surface area contributed by atoms with E-state index in [1.54, 1.807) is 32.9 Å². The molecular formula is C22H24N2O4S. The number of nitrogens with one attached hydrogen (secondary N) is 1. The Balaban J connectivity index is 2.34. The van der Waals surface area contributed by atoms with Crippen molar-refractivity contribution in [3.8, 4) is 11.1 Å². The molecule has 0 bridgehead atoms. The second kappa shape index (κ2) is 7.15. The first-order valence-electron chi connectivity index (χ1n) is 9.16. The van der Waals surface area contributed by atoms with E-state index >= 15 is 0 Å². The molecule has 0 unspecified atom stereocenters. The van der Waals surface area contributed by atoms with Crippen molar-refractivity contribution in [1.82, 2.24) is 4.98 Å². The number of aromatic amines is 1. The van der Waals surface area contributed by atoms with E-state index in [9.17, 15) is 18.0 Å². The van der Waals surface area contributed by atoms with Crippen molar-refractivity contribution < 1.29 is 18.0 Å². The number of aromatic nitrogens is 1. The molecule has 1 heterocycles. The van der Waals surface area contributed by atoms with Gasteiger partial charge in [0.25, 0.3) is 0 Å². The van der Waals surface area contributed by atoms with Crippen molar-refractivity contribution >= 4 is 38.3 Å². The number of anilines is 1. The highest BCUT2D eigenvalue weighted by molar-refractivity contribution is 7.92. The third-order valence-electron chi connectivity index (χ3n) is 4.82. The zero-order valence-electron chi connectivity index (χ0n) is 17.1. The number of hydrogen-bond donors (Lipinski definition) is 1. The number of Topliss-reactive ketones (excluding diaryl/α,β-unsaturated/α-hetero) is 2. The van der Waals surface area contributed by atoms with Crippen LogP contribution in [0.1, 0.15) is 31.1 Å². The van der Waals surface area contributed by atoms with Crippen LogP contribution in [0.2, 0.25) is 0 Å². The summed E-state index contributed by atoms with van der Waals surface area (Å²) in [5.41, 5.74) is 1.31. The smallest absolute Gasteiger partial charge is 0.233 e. The van der Waals surface area contributed by atoms with Crippen molar-refractivity contribution in [2.24, 2.45) is 5.41 Å². The number of benzene rings is 2. The van der Waals surface area contributed by atoms with E-state index in [0.29, 0.717) is 22.3 Å². The van der Waals surface area contributed by atoms with Crippen molar-refractivity contribution in [3.05, 3.63) is 54.1 Å². The molecular weight excluding hydrogens is 388 g/mol. The van der Waals surface area contributed by atoms with Crippen LogP contribution >= 0.6 is 0 Å². The molecule has 0 aliphatic rings. The van der Waals surface area contributed by atoms with Crippen LogP contribution in [-0.2, 0) is 14.8 Å². The van der Waals surface area contributed by atoms with Gasteiger partial charge in [-0.25, -0.2) is 8.42 Å². The monoisotopic (exact) mass is 412 g/mol. The van der Waals surface area contributed by atoms with E-state index < -0.39 is 27.0 Å². The standard InChI is InChI=1S/C22H24N2O4S/c1-22(2,3)20(26)19(25)16-13-9-12-15-17(14-10-7-6-8-11-14)21(23-18(15)16)24(4)29(5,27)28/h6-13,23H,1-5H3. The number of rotatable bonds is 5. The second-order valence-corrected chi connectivity index (χ2v) is 10.1. The zero-order valence-corrected chi connectivity index (χ0v) is 17.9. The fourth-order valence-corrected chi connectivity index (χ4v) is 3.62. The lowest BCUT2D eigenvalue weighted by atomic mass is 9.86. The van der Waals surface area contributed by atoms with Crippen LogP contribution in [0.15, 0.2) is 48.5 Å².